The Balaban J connectivity index is 2.13. The number of benzene rings is 2. The van der Waals surface area contributed by atoms with Gasteiger partial charge in [0.25, 0.3) is 0 Å². The van der Waals surface area contributed by atoms with Gasteiger partial charge in [-0.3, -0.25) is 0 Å². The Bertz CT molecular complexity index is 616. The van der Waals surface area contributed by atoms with E-state index in [1.54, 1.807) is 31.4 Å². The van der Waals surface area contributed by atoms with Crippen molar-refractivity contribution in [3.05, 3.63) is 71.6 Å². The molecular formula is C17H13FO. The van der Waals surface area contributed by atoms with Gasteiger partial charge in [-0.15, -0.1) is 0 Å². The number of allylic oxidation sites excluding steroid dienone is 1. The summed E-state index contributed by atoms with van der Waals surface area (Å²) in [5.74, 6) is 5.54. The van der Waals surface area contributed by atoms with Crippen LogP contribution in [0.2, 0.25) is 0 Å². The first-order valence-electron chi connectivity index (χ1n) is 5.86. The zero-order valence-corrected chi connectivity index (χ0v) is 10.6. The predicted molar refractivity (Wildman–Crippen MR) is 75.4 cm³/mol. The molecule has 2 rings (SSSR count). The number of halogens is 1. The van der Waals surface area contributed by atoms with Crippen LogP contribution in [-0.4, -0.2) is 7.11 Å². The van der Waals surface area contributed by atoms with E-state index < -0.39 is 5.83 Å². The molecule has 2 heteroatoms. The quantitative estimate of drug-likeness (QED) is 0.732. The topological polar surface area (TPSA) is 9.23 Å². The normalized spacial score (nSPS) is 10.5. The van der Waals surface area contributed by atoms with E-state index in [-0.39, 0.29) is 0 Å². The molecule has 0 atom stereocenters. The van der Waals surface area contributed by atoms with Gasteiger partial charge in [0.2, 0.25) is 0 Å². The standard InChI is InChI=1S/C17H13FO/c1-19-17-11-8-15(9-12-17)13-16(18)10-7-14-5-3-2-4-6-14/h2-6,8-9,11-13H,1H3/b16-13+. The van der Waals surface area contributed by atoms with E-state index in [0.717, 1.165) is 16.9 Å². The van der Waals surface area contributed by atoms with Crippen molar-refractivity contribution in [2.24, 2.45) is 0 Å². The van der Waals surface area contributed by atoms with Crippen molar-refractivity contribution in [1.29, 1.82) is 0 Å². The zero-order valence-electron chi connectivity index (χ0n) is 10.6. The number of hydrogen-bond acceptors (Lipinski definition) is 1. The van der Waals surface area contributed by atoms with E-state index in [0.29, 0.717) is 0 Å². The molecule has 94 valence electrons. The number of methoxy groups -OCH3 is 1. The first kappa shape index (κ1) is 12.9. The Labute approximate surface area is 112 Å². The third-order valence-corrected chi connectivity index (χ3v) is 2.51. The molecule has 0 unspecified atom stereocenters. The fourth-order valence-corrected chi connectivity index (χ4v) is 1.54. The molecule has 0 heterocycles. The van der Waals surface area contributed by atoms with Crippen molar-refractivity contribution in [1.82, 2.24) is 0 Å². The van der Waals surface area contributed by atoms with Crippen molar-refractivity contribution < 1.29 is 9.13 Å². The van der Waals surface area contributed by atoms with Crippen LogP contribution in [0, 0.1) is 11.8 Å². The van der Waals surface area contributed by atoms with Gasteiger partial charge in [0, 0.05) is 5.56 Å². The molecule has 0 saturated carbocycles. The summed E-state index contributed by atoms with van der Waals surface area (Å²) in [5, 5.41) is 0. The Morgan fingerprint density at radius 2 is 1.74 bits per heavy atom. The largest absolute Gasteiger partial charge is 0.497 e. The molecule has 0 N–H and O–H groups in total. The summed E-state index contributed by atoms with van der Waals surface area (Å²) in [6.07, 6.45) is 1.40. The highest BCUT2D eigenvalue weighted by Crippen LogP contribution is 2.14. The lowest BCUT2D eigenvalue weighted by atomic mass is 10.2. The molecule has 2 aromatic carbocycles. The first-order chi connectivity index (χ1) is 9.28. The van der Waals surface area contributed by atoms with Gasteiger partial charge in [0.15, 0.2) is 5.83 Å². The van der Waals surface area contributed by atoms with E-state index >= 15 is 0 Å². The van der Waals surface area contributed by atoms with Crippen LogP contribution in [0.5, 0.6) is 5.75 Å². The Kier molecular flexibility index (Phi) is 4.36. The molecule has 0 aromatic heterocycles. The minimum absolute atomic E-state index is 0.464. The van der Waals surface area contributed by atoms with Crippen LogP contribution in [0.1, 0.15) is 11.1 Å². The number of hydrogen-bond donors (Lipinski definition) is 0. The minimum atomic E-state index is -0.464. The van der Waals surface area contributed by atoms with Crippen molar-refractivity contribution in [2.45, 2.75) is 0 Å². The highest BCUT2D eigenvalue weighted by Gasteiger charge is 1.93. The summed E-state index contributed by atoms with van der Waals surface area (Å²) in [4.78, 5) is 0. The van der Waals surface area contributed by atoms with Crippen LogP contribution >= 0.6 is 0 Å². The Morgan fingerprint density at radius 1 is 1.05 bits per heavy atom. The predicted octanol–water partition coefficient (Wildman–Crippen LogP) is 4.06. The summed E-state index contributed by atoms with van der Waals surface area (Å²) in [5.41, 5.74) is 1.54. The molecule has 0 aliphatic rings. The van der Waals surface area contributed by atoms with Gasteiger partial charge in [-0.1, -0.05) is 36.3 Å². The molecule has 2 aromatic rings. The zero-order chi connectivity index (χ0) is 13.5. The van der Waals surface area contributed by atoms with E-state index in [9.17, 15) is 4.39 Å². The fourth-order valence-electron chi connectivity index (χ4n) is 1.54. The van der Waals surface area contributed by atoms with Crippen molar-refractivity contribution in [3.8, 4) is 17.6 Å². The molecule has 0 saturated heterocycles. The van der Waals surface area contributed by atoms with Gasteiger partial charge < -0.3 is 4.74 Å². The summed E-state index contributed by atoms with van der Waals surface area (Å²) >= 11 is 0. The first-order valence-corrected chi connectivity index (χ1v) is 5.86. The molecule has 0 aliphatic carbocycles. The molecule has 19 heavy (non-hydrogen) atoms. The fraction of sp³-hybridized carbons (Fsp3) is 0.0588. The third-order valence-electron chi connectivity index (χ3n) is 2.51. The number of ether oxygens (including phenoxy) is 1. The second-order valence-electron chi connectivity index (χ2n) is 3.88. The van der Waals surface area contributed by atoms with Crippen LogP contribution in [0.25, 0.3) is 6.08 Å². The van der Waals surface area contributed by atoms with Crippen LogP contribution in [-0.2, 0) is 0 Å². The number of rotatable bonds is 2. The van der Waals surface area contributed by atoms with Crippen molar-refractivity contribution in [3.63, 3.8) is 0 Å². The van der Waals surface area contributed by atoms with Gasteiger partial charge >= 0.3 is 0 Å². The molecular weight excluding hydrogens is 239 g/mol. The Morgan fingerprint density at radius 3 is 2.37 bits per heavy atom. The maximum absolute atomic E-state index is 13.6. The second kappa shape index (κ2) is 6.42. The lowest BCUT2D eigenvalue weighted by Crippen LogP contribution is -1.81. The Hall–Kier alpha value is -2.53. The van der Waals surface area contributed by atoms with Crippen molar-refractivity contribution >= 4 is 6.08 Å². The highest BCUT2D eigenvalue weighted by molar-refractivity contribution is 5.57. The molecule has 0 aliphatic heterocycles. The van der Waals surface area contributed by atoms with Gasteiger partial charge in [0.05, 0.1) is 7.11 Å². The molecule has 0 fully saturated rings. The highest BCUT2D eigenvalue weighted by atomic mass is 19.1. The average Bonchev–Trinajstić information content (AvgIpc) is 2.47. The van der Waals surface area contributed by atoms with Crippen LogP contribution in [0.15, 0.2) is 60.4 Å². The smallest absolute Gasteiger partial charge is 0.174 e. The molecule has 0 radical (unpaired) electrons. The summed E-state index contributed by atoms with van der Waals surface area (Å²) in [6, 6.07) is 16.4. The summed E-state index contributed by atoms with van der Waals surface area (Å²) in [6.45, 7) is 0. The van der Waals surface area contributed by atoms with Gasteiger partial charge in [0.1, 0.15) is 5.75 Å². The maximum atomic E-state index is 13.6. The van der Waals surface area contributed by atoms with E-state index in [2.05, 4.69) is 11.8 Å². The molecule has 0 bridgehead atoms. The van der Waals surface area contributed by atoms with Crippen LogP contribution in [0.3, 0.4) is 0 Å². The van der Waals surface area contributed by atoms with E-state index in [1.165, 1.54) is 6.08 Å². The molecule has 0 amide bonds. The second-order valence-corrected chi connectivity index (χ2v) is 3.88. The summed E-state index contributed by atoms with van der Waals surface area (Å²) in [7, 11) is 1.59. The lowest BCUT2D eigenvalue weighted by Gasteiger charge is -1.98. The van der Waals surface area contributed by atoms with Gasteiger partial charge in [-0.05, 0) is 41.8 Å². The SMILES string of the molecule is COc1ccc(/C=C(/F)C#Cc2ccccc2)cc1. The molecule has 0 spiro atoms. The van der Waals surface area contributed by atoms with E-state index in [1.807, 2.05) is 30.3 Å². The van der Waals surface area contributed by atoms with Gasteiger partial charge in [-0.2, -0.15) is 4.39 Å². The minimum Gasteiger partial charge on any atom is -0.497 e. The van der Waals surface area contributed by atoms with Crippen molar-refractivity contribution in [2.75, 3.05) is 7.11 Å². The maximum Gasteiger partial charge on any atom is 0.174 e. The van der Waals surface area contributed by atoms with Gasteiger partial charge in [-0.25, -0.2) is 0 Å². The van der Waals surface area contributed by atoms with Crippen LogP contribution < -0.4 is 4.74 Å². The van der Waals surface area contributed by atoms with Crippen LogP contribution in [0.4, 0.5) is 4.39 Å². The molecule has 1 nitrogen and oxygen atoms in total. The monoisotopic (exact) mass is 252 g/mol. The lowest BCUT2D eigenvalue weighted by molar-refractivity contribution is 0.415. The van der Waals surface area contributed by atoms with E-state index in [4.69, 9.17) is 4.74 Å². The summed E-state index contributed by atoms with van der Waals surface area (Å²) < 4.78 is 18.7. The third kappa shape index (κ3) is 4.01. The average molecular weight is 252 g/mol.